The zero-order valence-electron chi connectivity index (χ0n) is 8.80. The maximum Gasteiger partial charge on any atom is 0.280 e. The van der Waals surface area contributed by atoms with E-state index in [1.54, 1.807) is 0 Å². The maximum atomic E-state index is 11.9. The second kappa shape index (κ2) is 3.81. The Balaban J connectivity index is 1.87. The molecule has 0 spiro atoms. The van der Waals surface area contributed by atoms with Crippen molar-refractivity contribution < 1.29 is 8.42 Å². The standard InChI is InChI=1S/C9H10N4O2S2/c14-17(15,8-4-5-10-12-8)13-9-11-6-2-1-3-7(6)16-9/h4-5H,1-3H2,(H,10,12)(H,11,13). The quantitative estimate of drug-likeness (QED) is 0.876. The summed E-state index contributed by atoms with van der Waals surface area (Å²) in [5.41, 5.74) is 1.03. The number of aromatic amines is 1. The zero-order valence-corrected chi connectivity index (χ0v) is 10.4. The molecule has 8 heteroatoms. The molecular formula is C9H10N4O2S2. The van der Waals surface area contributed by atoms with Crippen LogP contribution in [0.5, 0.6) is 0 Å². The summed E-state index contributed by atoms with van der Waals surface area (Å²) in [6.45, 7) is 0. The van der Waals surface area contributed by atoms with Crippen LogP contribution in [-0.2, 0) is 22.9 Å². The number of anilines is 1. The van der Waals surface area contributed by atoms with E-state index in [2.05, 4.69) is 19.9 Å². The Bertz CT molecular complexity index is 609. The van der Waals surface area contributed by atoms with Crippen LogP contribution in [0, 0.1) is 0 Å². The number of nitrogens with one attached hydrogen (secondary N) is 2. The van der Waals surface area contributed by atoms with Gasteiger partial charge in [-0.2, -0.15) is 13.5 Å². The Kier molecular flexibility index (Phi) is 2.40. The van der Waals surface area contributed by atoms with Crippen LogP contribution in [0.2, 0.25) is 0 Å². The first kappa shape index (κ1) is 10.7. The highest BCUT2D eigenvalue weighted by Gasteiger charge is 2.21. The number of aryl methyl sites for hydroxylation is 2. The number of thiazole rings is 1. The summed E-state index contributed by atoms with van der Waals surface area (Å²) in [5.74, 6) is 0. The van der Waals surface area contributed by atoms with E-state index in [0.717, 1.165) is 25.0 Å². The molecule has 0 bridgehead atoms. The molecule has 3 rings (SSSR count). The lowest BCUT2D eigenvalue weighted by Gasteiger charge is -2.01. The number of rotatable bonds is 3. The third-order valence-corrected chi connectivity index (χ3v) is 5.05. The van der Waals surface area contributed by atoms with Gasteiger partial charge in [0.25, 0.3) is 10.0 Å². The third-order valence-electron chi connectivity index (χ3n) is 2.58. The van der Waals surface area contributed by atoms with Crippen molar-refractivity contribution in [3.05, 3.63) is 22.8 Å². The van der Waals surface area contributed by atoms with Gasteiger partial charge in [0.2, 0.25) is 0 Å². The number of fused-ring (bicyclic) bond motifs is 1. The highest BCUT2D eigenvalue weighted by Crippen LogP contribution is 2.31. The lowest BCUT2D eigenvalue weighted by Crippen LogP contribution is -2.13. The predicted molar refractivity (Wildman–Crippen MR) is 63.5 cm³/mol. The summed E-state index contributed by atoms with van der Waals surface area (Å²) < 4.78 is 26.2. The number of hydrogen-bond donors (Lipinski definition) is 2. The zero-order chi connectivity index (χ0) is 11.9. The molecular weight excluding hydrogens is 260 g/mol. The van der Waals surface area contributed by atoms with Crippen LogP contribution in [0.4, 0.5) is 5.13 Å². The Morgan fingerprint density at radius 3 is 3.00 bits per heavy atom. The highest BCUT2D eigenvalue weighted by molar-refractivity contribution is 7.92. The minimum absolute atomic E-state index is 0.0489. The van der Waals surface area contributed by atoms with Gasteiger partial charge in [0.1, 0.15) is 0 Å². The number of nitrogens with zero attached hydrogens (tertiary/aromatic N) is 2. The van der Waals surface area contributed by atoms with Gasteiger partial charge in [-0.15, -0.1) is 11.3 Å². The van der Waals surface area contributed by atoms with Gasteiger partial charge in [-0.3, -0.25) is 9.82 Å². The van der Waals surface area contributed by atoms with Crippen molar-refractivity contribution in [2.75, 3.05) is 4.72 Å². The molecule has 1 aliphatic carbocycles. The molecule has 0 aromatic carbocycles. The Labute approximate surface area is 102 Å². The molecule has 0 atom stereocenters. The Morgan fingerprint density at radius 2 is 2.29 bits per heavy atom. The average molecular weight is 270 g/mol. The normalized spacial score (nSPS) is 14.8. The molecule has 0 saturated heterocycles. The van der Waals surface area contributed by atoms with Gasteiger partial charge in [0.05, 0.1) is 11.9 Å². The molecule has 2 aromatic rings. The number of aromatic nitrogens is 3. The van der Waals surface area contributed by atoms with Gasteiger partial charge in [-0.05, 0) is 25.3 Å². The van der Waals surface area contributed by atoms with Gasteiger partial charge >= 0.3 is 0 Å². The molecule has 0 aliphatic heterocycles. The fourth-order valence-electron chi connectivity index (χ4n) is 1.80. The smallest absolute Gasteiger partial charge is 0.266 e. The van der Waals surface area contributed by atoms with Crippen LogP contribution in [-0.4, -0.2) is 23.6 Å². The van der Waals surface area contributed by atoms with Crippen LogP contribution in [0.3, 0.4) is 0 Å². The van der Waals surface area contributed by atoms with Crippen molar-refractivity contribution in [2.45, 2.75) is 24.3 Å². The first-order chi connectivity index (χ1) is 8.15. The SMILES string of the molecule is O=S(=O)(Nc1nc2c(s1)CCC2)c1ccn[nH]1. The summed E-state index contributed by atoms with van der Waals surface area (Å²) in [6.07, 6.45) is 4.45. The highest BCUT2D eigenvalue weighted by atomic mass is 32.2. The fourth-order valence-corrected chi connectivity index (χ4v) is 3.99. The largest absolute Gasteiger partial charge is 0.280 e. The minimum Gasteiger partial charge on any atom is -0.266 e. The summed E-state index contributed by atoms with van der Waals surface area (Å²) >= 11 is 1.41. The van der Waals surface area contributed by atoms with Crippen LogP contribution in [0.15, 0.2) is 17.3 Å². The Morgan fingerprint density at radius 1 is 1.41 bits per heavy atom. The monoisotopic (exact) mass is 270 g/mol. The molecule has 0 fully saturated rings. The molecule has 2 N–H and O–H groups in total. The van der Waals surface area contributed by atoms with E-state index in [-0.39, 0.29) is 5.03 Å². The molecule has 0 amide bonds. The van der Waals surface area contributed by atoms with E-state index in [0.29, 0.717) is 5.13 Å². The molecule has 0 radical (unpaired) electrons. The molecule has 2 aromatic heterocycles. The molecule has 17 heavy (non-hydrogen) atoms. The van der Waals surface area contributed by atoms with E-state index in [9.17, 15) is 8.42 Å². The minimum atomic E-state index is -3.58. The number of sulfonamides is 1. The second-order valence-electron chi connectivity index (χ2n) is 3.77. The number of hydrogen-bond acceptors (Lipinski definition) is 5. The van der Waals surface area contributed by atoms with Crippen LogP contribution in [0.25, 0.3) is 0 Å². The summed E-state index contributed by atoms with van der Waals surface area (Å²) in [5, 5.41) is 6.53. The maximum absolute atomic E-state index is 11.9. The van der Waals surface area contributed by atoms with Crippen LogP contribution < -0.4 is 4.72 Å². The van der Waals surface area contributed by atoms with E-state index in [1.807, 2.05) is 0 Å². The van der Waals surface area contributed by atoms with E-state index >= 15 is 0 Å². The second-order valence-corrected chi connectivity index (χ2v) is 6.50. The topological polar surface area (TPSA) is 87.7 Å². The van der Waals surface area contributed by atoms with Gasteiger partial charge in [0, 0.05) is 4.88 Å². The van der Waals surface area contributed by atoms with Gasteiger partial charge in [0.15, 0.2) is 10.2 Å². The lowest BCUT2D eigenvalue weighted by molar-refractivity contribution is 0.597. The first-order valence-electron chi connectivity index (χ1n) is 5.16. The Hall–Kier alpha value is -1.41. The first-order valence-corrected chi connectivity index (χ1v) is 7.46. The van der Waals surface area contributed by atoms with Gasteiger partial charge < -0.3 is 0 Å². The summed E-state index contributed by atoms with van der Waals surface area (Å²) in [6, 6.07) is 1.41. The molecule has 6 nitrogen and oxygen atoms in total. The third kappa shape index (κ3) is 1.93. The van der Waals surface area contributed by atoms with Crippen molar-refractivity contribution in [3.8, 4) is 0 Å². The van der Waals surface area contributed by atoms with E-state index in [4.69, 9.17) is 0 Å². The van der Waals surface area contributed by atoms with E-state index in [1.165, 1.54) is 28.5 Å². The molecule has 2 heterocycles. The van der Waals surface area contributed by atoms with Gasteiger partial charge in [-0.25, -0.2) is 4.98 Å². The number of H-pyrrole nitrogens is 1. The summed E-state index contributed by atoms with van der Waals surface area (Å²) in [7, 11) is -3.58. The van der Waals surface area contributed by atoms with E-state index < -0.39 is 10.0 Å². The van der Waals surface area contributed by atoms with Crippen LogP contribution >= 0.6 is 11.3 Å². The van der Waals surface area contributed by atoms with Crippen molar-refractivity contribution in [2.24, 2.45) is 0 Å². The fraction of sp³-hybridized carbons (Fsp3) is 0.333. The van der Waals surface area contributed by atoms with Crippen molar-refractivity contribution in [3.63, 3.8) is 0 Å². The molecule has 0 unspecified atom stereocenters. The summed E-state index contributed by atoms with van der Waals surface area (Å²) in [4.78, 5) is 5.47. The molecule has 1 aliphatic rings. The van der Waals surface area contributed by atoms with Crippen molar-refractivity contribution in [1.82, 2.24) is 15.2 Å². The van der Waals surface area contributed by atoms with Crippen molar-refractivity contribution in [1.29, 1.82) is 0 Å². The predicted octanol–water partition coefficient (Wildman–Crippen LogP) is 1.16. The lowest BCUT2D eigenvalue weighted by atomic mass is 10.4. The molecule has 0 saturated carbocycles. The van der Waals surface area contributed by atoms with Crippen LogP contribution in [0.1, 0.15) is 17.0 Å². The molecule has 90 valence electrons. The van der Waals surface area contributed by atoms with Gasteiger partial charge in [-0.1, -0.05) is 0 Å². The average Bonchev–Trinajstić information content (AvgIpc) is 2.90. The van der Waals surface area contributed by atoms with Crippen molar-refractivity contribution >= 4 is 26.5 Å².